The topological polar surface area (TPSA) is 84.0 Å². The fourth-order valence-electron chi connectivity index (χ4n) is 4.74. The van der Waals surface area contributed by atoms with E-state index >= 15 is 0 Å². The zero-order chi connectivity index (χ0) is 27.2. The molecule has 4 aromatic rings. The number of nitrogens with zero attached hydrogens (tertiary/aromatic N) is 3. The van der Waals surface area contributed by atoms with Crippen molar-refractivity contribution in [1.82, 2.24) is 20.3 Å². The average Bonchev–Trinajstić information content (AvgIpc) is 2.93. The van der Waals surface area contributed by atoms with Crippen LogP contribution in [0.3, 0.4) is 0 Å². The molecule has 0 bridgehead atoms. The largest absolute Gasteiger partial charge is 0.437 e. The summed E-state index contributed by atoms with van der Waals surface area (Å²) in [5.74, 6) is 1.59. The summed E-state index contributed by atoms with van der Waals surface area (Å²) in [5, 5.41) is 11.6. The summed E-state index contributed by atoms with van der Waals surface area (Å²) in [7, 11) is 0. The van der Waals surface area contributed by atoms with Gasteiger partial charge in [0.2, 0.25) is 11.8 Å². The number of fused-ring (bicyclic) bond motifs is 1. The Morgan fingerprint density at radius 1 is 1.03 bits per heavy atom. The first-order valence-electron chi connectivity index (χ1n) is 13.1. The molecule has 39 heavy (non-hydrogen) atoms. The van der Waals surface area contributed by atoms with Crippen molar-refractivity contribution in [2.75, 3.05) is 30.3 Å². The lowest BCUT2D eigenvalue weighted by atomic mass is 10.0. The SMILES string of the molecule is Cc1ccc2c(NCCCC(F)(F)F)cccc2c1Oc1ncccc1-c1ccnc(N[C@H]2CCCNC2)n1. The van der Waals surface area contributed by atoms with Crippen LogP contribution in [0, 0.1) is 6.92 Å². The molecular weight excluding hydrogens is 505 g/mol. The highest BCUT2D eigenvalue weighted by atomic mass is 19.4. The smallest absolute Gasteiger partial charge is 0.389 e. The molecule has 204 valence electrons. The van der Waals surface area contributed by atoms with Crippen LogP contribution >= 0.6 is 0 Å². The molecule has 2 aromatic heterocycles. The molecule has 5 rings (SSSR count). The number of benzene rings is 2. The average molecular weight is 537 g/mol. The Morgan fingerprint density at radius 3 is 2.74 bits per heavy atom. The van der Waals surface area contributed by atoms with Gasteiger partial charge in [-0.25, -0.2) is 15.0 Å². The van der Waals surface area contributed by atoms with Crippen molar-refractivity contribution < 1.29 is 17.9 Å². The first-order chi connectivity index (χ1) is 18.9. The number of aromatic nitrogens is 3. The van der Waals surface area contributed by atoms with Gasteiger partial charge in [-0.3, -0.25) is 0 Å². The molecule has 2 aromatic carbocycles. The second-order valence-corrected chi connectivity index (χ2v) is 9.67. The third-order valence-corrected chi connectivity index (χ3v) is 6.69. The first kappa shape index (κ1) is 26.7. The van der Waals surface area contributed by atoms with E-state index in [0.717, 1.165) is 53.5 Å². The molecule has 0 spiro atoms. The van der Waals surface area contributed by atoms with Gasteiger partial charge in [-0.15, -0.1) is 0 Å². The van der Waals surface area contributed by atoms with Crippen LogP contribution in [-0.2, 0) is 0 Å². The van der Waals surface area contributed by atoms with Crippen molar-refractivity contribution in [3.8, 4) is 22.9 Å². The maximum Gasteiger partial charge on any atom is 0.389 e. The summed E-state index contributed by atoms with van der Waals surface area (Å²) in [6.45, 7) is 4.06. The molecule has 1 aliphatic rings. The molecule has 1 atom stereocenters. The predicted molar refractivity (Wildman–Crippen MR) is 147 cm³/mol. The third kappa shape index (κ3) is 6.75. The summed E-state index contributed by atoms with van der Waals surface area (Å²) in [4.78, 5) is 13.7. The first-order valence-corrected chi connectivity index (χ1v) is 13.1. The van der Waals surface area contributed by atoms with Gasteiger partial charge in [0.05, 0.1) is 11.3 Å². The number of nitrogens with one attached hydrogen (secondary N) is 3. The molecule has 0 amide bonds. The van der Waals surface area contributed by atoms with Crippen LogP contribution in [0.15, 0.2) is 60.9 Å². The fraction of sp³-hybridized carbons (Fsp3) is 0.345. The number of pyridine rings is 1. The van der Waals surface area contributed by atoms with Crippen LogP contribution in [0.5, 0.6) is 11.6 Å². The summed E-state index contributed by atoms with van der Waals surface area (Å²) in [5.41, 5.74) is 3.07. The second-order valence-electron chi connectivity index (χ2n) is 9.67. The normalized spacial score (nSPS) is 15.7. The van der Waals surface area contributed by atoms with Gasteiger partial charge in [-0.05, 0) is 62.6 Å². The zero-order valence-corrected chi connectivity index (χ0v) is 21.7. The molecular formula is C29H31F3N6O. The molecule has 0 aliphatic carbocycles. The van der Waals surface area contributed by atoms with Gasteiger partial charge >= 0.3 is 6.18 Å². The number of anilines is 2. The number of aryl methyl sites for hydroxylation is 1. The lowest BCUT2D eigenvalue weighted by molar-refractivity contribution is -0.134. The van der Waals surface area contributed by atoms with Crippen molar-refractivity contribution in [3.05, 3.63) is 66.5 Å². The van der Waals surface area contributed by atoms with Crippen LogP contribution in [-0.4, -0.2) is 46.8 Å². The summed E-state index contributed by atoms with van der Waals surface area (Å²) >= 11 is 0. The number of halogens is 3. The maximum atomic E-state index is 12.6. The Kier molecular flexibility index (Phi) is 8.11. The maximum absolute atomic E-state index is 12.6. The molecule has 0 unspecified atom stereocenters. The van der Waals surface area contributed by atoms with E-state index in [-0.39, 0.29) is 19.0 Å². The Balaban J connectivity index is 1.41. The highest BCUT2D eigenvalue weighted by Gasteiger charge is 2.26. The van der Waals surface area contributed by atoms with Crippen molar-refractivity contribution in [3.63, 3.8) is 0 Å². The Labute approximate surface area is 225 Å². The molecule has 1 saturated heterocycles. The van der Waals surface area contributed by atoms with Crippen LogP contribution < -0.4 is 20.7 Å². The summed E-state index contributed by atoms with van der Waals surface area (Å²) in [6, 6.07) is 15.4. The third-order valence-electron chi connectivity index (χ3n) is 6.69. The second kappa shape index (κ2) is 11.9. The van der Waals surface area contributed by atoms with Gasteiger partial charge in [0.15, 0.2) is 0 Å². The molecule has 1 fully saturated rings. The number of hydrogen-bond donors (Lipinski definition) is 3. The van der Waals surface area contributed by atoms with Crippen LogP contribution in [0.2, 0.25) is 0 Å². The molecule has 0 radical (unpaired) electrons. The van der Waals surface area contributed by atoms with Crippen molar-refractivity contribution in [1.29, 1.82) is 0 Å². The van der Waals surface area contributed by atoms with Gasteiger partial charge in [-0.1, -0.05) is 24.3 Å². The van der Waals surface area contributed by atoms with Crippen molar-refractivity contribution >= 4 is 22.4 Å². The van der Waals surface area contributed by atoms with Crippen LogP contribution in [0.1, 0.15) is 31.2 Å². The van der Waals surface area contributed by atoms with E-state index in [9.17, 15) is 13.2 Å². The molecule has 7 nitrogen and oxygen atoms in total. The monoisotopic (exact) mass is 536 g/mol. The molecule has 10 heteroatoms. The summed E-state index contributed by atoms with van der Waals surface area (Å²) < 4.78 is 44.1. The molecule has 0 saturated carbocycles. The minimum Gasteiger partial charge on any atom is -0.437 e. The van der Waals surface area contributed by atoms with E-state index in [4.69, 9.17) is 9.72 Å². The number of ether oxygens (including phenoxy) is 1. The zero-order valence-electron chi connectivity index (χ0n) is 21.7. The number of alkyl halides is 3. The van der Waals surface area contributed by atoms with Crippen LogP contribution in [0.4, 0.5) is 24.8 Å². The summed E-state index contributed by atoms with van der Waals surface area (Å²) in [6.07, 6.45) is 0.567. The van der Waals surface area contributed by atoms with Crippen molar-refractivity contribution in [2.45, 2.75) is 44.8 Å². The lowest BCUT2D eigenvalue weighted by Crippen LogP contribution is -2.38. The van der Waals surface area contributed by atoms with Crippen LogP contribution in [0.25, 0.3) is 22.0 Å². The van der Waals surface area contributed by atoms with Gasteiger partial charge in [0.1, 0.15) is 5.75 Å². The van der Waals surface area contributed by atoms with Gasteiger partial charge < -0.3 is 20.7 Å². The van der Waals surface area contributed by atoms with E-state index in [0.29, 0.717) is 23.3 Å². The number of hydrogen-bond acceptors (Lipinski definition) is 7. The van der Waals surface area contributed by atoms with E-state index in [2.05, 4.69) is 25.9 Å². The Morgan fingerprint density at radius 2 is 1.92 bits per heavy atom. The number of rotatable bonds is 9. The van der Waals surface area contributed by atoms with Gasteiger partial charge in [0.25, 0.3) is 0 Å². The molecule has 3 N–H and O–H groups in total. The predicted octanol–water partition coefficient (Wildman–Crippen LogP) is 6.71. The fourth-order valence-corrected chi connectivity index (χ4v) is 4.74. The van der Waals surface area contributed by atoms with Crippen molar-refractivity contribution in [2.24, 2.45) is 0 Å². The van der Waals surface area contributed by atoms with Gasteiger partial charge in [0, 0.05) is 54.4 Å². The van der Waals surface area contributed by atoms with E-state index in [1.54, 1.807) is 12.4 Å². The standard InChI is InChI=1S/C29H31F3N6O/c1-19-10-11-21-22(7-2-9-24(21)34-16-5-13-29(30,31)32)26(19)39-27-23(8-4-15-35-27)25-12-17-36-28(38-25)37-20-6-3-14-33-18-20/h2,4,7-12,15,17,20,33-34H,3,5-6,13-14,16,18H2,1H3,(H,36,37,38)/t20-/m0/s1. The molecule has 1 aliphatic heterocycles. The number of piperidine rings is 1. The highest BCUT2D eigenvalue weighted by Crippen LogP contribution is 2.38. The Bertz CT molecular complexity index is 1420. The minimum absolute atomic E-state index is 0.000557. The van der Waals surface area contributed by atoms with Gasteiger partial charge in [-0.2, -0.15) is 13.2 Å². The molecule has 3 heterocycles. The lowest BCUT2D eigenvalue weighted by Gasteiger charge is -2.23. The highest BCUT2D eigenvalue weighted by molar-refractivity contribution is 5.98. The van der Waals surface area contributed by atoms with E-state index in [1.165, 1.54) is 0 Å². The quantitative estimate of drug-likeness (QED) is 0.205. The minimum atomic E-state index is -4.16. The Hall–Kier alpha value is -3.92. The van der Waals surface area contributed by atoms with E-state index in [1.807, 2.05) is 55.5 Å². The van der Waals surface area contributed by atoms with E-state index < -0.39 is 12.6 Å².